The van der Waals surface area contributed by atoms with Crippen molar-refractivity contribution in [2.75, 3.05) is 10.6 Å². The molecule has 0 spiro atoms. The normalized spacial score (nSPS) is 11.8. The predicted octanol–water partition coefficient (Wildman–Crippen LogP) is 1.71. The van der Waals surface area contributed by atoms with Gasteiger partial charge in [0.1, 0.15) is 15.0 Å². The Morgan fingerprint density at radius 3 is 1.44 bits per heavy atom. The average molecular weight is 690 g/mol. The van der Waals surface area contributed by atoms with Gasteiger partial charge < -0.3 is 16.6 Å². The molecule has 0 fully saturated rings. The molecule has 2 aromatic heterocycles. The van der Waals surface area contributed by atoms with Crippen molar-refractivity contribution in [1.82, 2.24) is 29.9 Å². The van der Waals surface area contributed by atoms with Crippen LogP contribution in [0, 0.1) is 0 Å². The third-order valence-electron chi connectivity index (χ3n) is 4.69. The van der Waals surface area contributed by atoms with Crippen LogP contribution in [-0.2, 0) is 20.2 Å². The third kappa shape index (κ3) is 9.13. The van der Waals surface area contributed by atoms with E-state index in [2.05, 4.69) is 40.5 Å². The predicted molar refractivity (Wildman–Crippen MR) is 148 cm³/mol. The van der Waals surface area contributed by atoms with E-state index in [1.54, 1.807) is 0 Å². The number of rotatable bonds is 8. The first-order valence-corrected chi connectivity index (χ1v) is 14.6. The molecule has 210 valence electrons. The molecule has 0 radical (unpaired) electrons. The van der Waals surface area contributed by atoms with E-state index in [0.29, 0.717) is 0 Å². The Hall–Kier alpha value is -2.22. The average Bonchev–Trinajstić information content (AvgIpc) is 2.81. The fraction of sp³-hybridized carbons (Fsp3) is 0. The van der Waals surface area contributed by atoms with Crippen molar-refractivity contribution < 1.29 is 58.4 Å². The molecular formula is C20H13Cl4N8NaO6S2. The number of aromatic nitrogens is 6. The van der Waals surface area contributed by atoms with Gasteiger partial charge >= 0.3 is 31.0 Å². The standard InChI is InChI=1S/C20H12Cl4N8O6S2.Na.H/c21-15-27-16(22)30-19(29-15)25-11-5-3-9(13(7-11)39(33,34)35)1-2-10-4-6-12(8-14(10)40(36,37)38)26-20-31-17(23)28-18(24)32-20;;/h1-8H,(H,33,34,35)(H,36,37,38)(H,25,27,29,30)(H,26,28,31,32);;/q;+1;-1. The van der Waals surface area contributed by atoms with Crippen LogP contribution in [0.1, 0.15) is 14.0 Å². The molecule has 2 aromatic carbocycles. The smallest absolute Gasteiger partial charge is 1.00 e. The minimum atomic E-state index is -5.02. The fourth-order valence-corrected chi connectivity index (χ4v) is 5.27. The van der Waals surface area contributed by atoms with Crippen LogP contribution in [0.3, 0.4) is 0 Å². The summed E-state index contributed by atoms with van der Waals surface area (Å²) in [5.41, 5.74) is 0.0771. The molecule has 0 aliphatic heterocycles. The zero-order valence-electron chi connectivity index (χ0n) is 22.1. The second-order valence-electron chi connectivity index (χ2n) is 7.41. The Balaban J connectivity index is 0.00000308. The molecule has 41 heavy (non-hydrogen) atoms. The summed E-state index contributed by atoms with van der Waals surface area (Å²) in [6.45, 7) is 0. The summed E-state index contributed by atoms with van der Waals surface area (Å²) in [5, 5.41) is 4.43. The van der Waals surface area contributed by atoms with Crippen molar-refractivity contribution in [3.63, 3.8) is 0 Å². The van der Waals surface area contributed by atoms with Crippen molar-refractivity contribution in [3.8, 4) is 0 Å². The molecule has 4 aromatic rings. The Labute approximate surface area is 277 Å². The first-order chi connectivity index (χ1) is 18.7. The molecular weight excluding hydrogens is 677 g/mol. The number of anilines is 4. The van der Waals surface area contributed by atoms with Crippen LogP contribution in [0.2, 0.25) is 21.1 Å². The zero-order valence-corrected chi connectivity index (χ0v) is 26.8. The van der Waals surface area contributed by atoms with Gasteiger partial charge in [0.05, 0.1) is 4.90 Å². The molecule has 21 heteroatoms. The Bertz CT molecular complexity index is 1720. The van der Waals surface area contributed by atoms with Crippen molar-refractivity contribution in [2.45, 2.75) is 9.79 Å². The Kier molecular flexibility index (Phi) is 10.9. The summed E-state index contributed by atoms with van der Waals surface area (Å²) in [6.07, 6.45) is 2.36. The number of halogens is 4. The third-order valence-corrected chi connectivity index (χ3v) is 7.17. The first kappa shape index (κ1) is 33.3. The molecule has 0 bridgehead atoms. The van der Waals surface area contributed by atoms with E-state index in [-0.39, 0.29) is 87.9 Å². The van der Waals surface area contributed by atoms with Crippen molar-refractivity contribution >= 4 is 102 Å². The second-order valence-corrected chi connectivity index (χ2v) is 11.5. The van der Waals surface area contributed by atoms with Crippen molar-refractivity contribution in [3.05, 3.63) is 68.7 Å². The molecule has 3 N–H and O–H groups in total. The number of hydrogen-bond donors (Lipinski definition) is 3. The van der Waals surface area contributed by atoms with Crippen molar-refractivity contribution in [2.24, 2.45) is 0 Å². The first-order valence-electron chi connectivity index (χ1n) is 10.3. The van der Waals surface area contributed by atoms with Gasteiger partial charge in [-0.2, -0.15) is 38.3 Å². The van der Waals surface area contributed by atoms with E-state index in [9.17, 15) is 25.9 Å². The summed E-state index contributed by atoms with van der Waals surface area (Å²) in [6, 6.07) is 7.43. The van der Waals surface area contributed by atoms with E-state index in [4.69, 9.17) is 46.4 Å². The molecule has 0 unspecified atom stereocenters. The van der Waals surface area contributed by atoms with Crippen LogP contribution in [0.5, 0.6) is 0 Å². The van der Waals surface area contributed by atoms with Gasteiger partial charge in [-0.3, -0.25) is 4.55 Å². The van der Waals surface area contributed by atoms with Crippen molar-refractivity contribution in [1.29, 1.82) is 0 Å². The molecule has 0 saturated carbocycles. The quantitative estimate of drug-likeness (QED) is 0.137. The fourth-order valence-electron chi connectivity index (χ4n) is 3.14. The molecule has 2 heterocycles. The monoisotopic (exact) mass is 688 g/mol. The number of hydrogen-bond acceptors (Lipinski definition) is 13. The maximum absolute atomic E-state index is 12.1. The van der Waals surface area contributed by atoms with Crippen LogP contribution in [0.25, 0.3) is 12.2 Å². The summed E-state index contributed by atoms with van der Waals surface area (Å²) in [7, 11) is -9.80. The summed E-state index contributed by atoms with van der Waals surface area (Å²) in [4.78, 5) is 21.1. The minimum absolute atomic E-state index is 0. The minimum Gasteiger partial charge on any atom is -1.00 e. The largest absolute Gasteiger partial charge is 1.00 e. The van der Waals surface area contributed by atoms with E-state index in [0.717, 1.165) is 12.1 Å². The van der Waals surface area contributed by atoms with Crippen LogP contribution in [0.4, 0.5) is 23.3 Å². The van der Waals surface area contributed by atoms with Crippen LogP contribution >= 0.6 is 46.4 Å². The van der Waals surface area contributed by atoms with Gasteiger partial charge in [0.25, 0.3) is 10.1 Å². The van der Waals surface area contributed by atoms with Gasteiger partial charge in [0.15, 0.2) is 0 Å². The molecule has 0 atom stereocenters. The molecule has 14 nitrogen and oxygen atoms in total. The molecule has 0 aliphatic carbocycles. The SMILES string of the molecule is O=S(=O)([O-])c1cc(Nc2nc(Cl)nc(Cl)n2)ccc1C=Cc1ccc(Nc2nc(Cl)nc(Cl)n2)cc1S(=O)(=O)O.[H+].[H-].[Na+]. The topological polar surface area (TPSA) is 213 Å². The summed E-state index contributed by atoms with van der Waals surface area (Å²) >= 11 is 22.9. The summed E-state index contributed by atoms with van der Waals surface area (Å²) < 4.78 is 69.9. The van der Waals surface area contributed by atoms with Crippen LogP contribution < -0.4 is 40.2 Å². The van der Waals surface area contributed by atoms with E-state index in [1.807, 2.05) is 0 Å². The maximum Gasteiger partial charge on any atom is 1.00 e. The second kappa shape index (κ2) is 13.4. The van der Waals surface area contributed by atoms with Gasteiger partial charge in [0, 0.05) is 11.4 Å². The van der Waals surface area contributed by atoms with E-state index >= 15 is 0 Å². The van der Waals surface area contributed by atoms with Gasteiger partial charge in [0.2, 0.25) is 33.0 Å². The maximum atomic E-state index is 12.1. The Morgan fingerprint density at radius 1 is 0.707 bits per heavy atom. The number of nitrogens with one attached hydrogen (secondary N) is 2. The zero-order chi connectivity index (χ0) is 29.2. The van der Waals surface area contributed by atoms with Gasteiger partial charge in [-0.25, -0.2) is 8.42 Å². The van der Waals surface area contributed by atoms with Gasteiger partial charge in [-0.05, 0) is 81.8 Å². The van der Waals surface area contributed by atoms with Gasteiger partial charge in [-0.1, -0.05) is 24.3 Å². The molecule has 4 rings (SSSR count). The molecule has 0 amide bonds. The molecule has 0 aliphatic rings. The van der Waals surface area contributed by atoms with Crippen LogP contribution in [-0.4, -0.2) is 55.8 Å². The Morgan fingerprint density at radius 2 is 1.07 bits per heavy atom. The number of nitrogens with zero attached hydrogens (tertiary/aromatic N) is 6. The van der Waals surface area contributed by atoms with Gasteiger partial charge in [-0.15, -0.1) is 0 Å². The van der Waals surface area contributed by atoms with Crippen LogP contribution in [0.15, 0.2) is 46.2 Å². The van der Waals surface area contributed by atoms with E-state index in [1.165, 1.54) is 36.4 Å². The summed E-state index contributed by atoms with van der Waals surface area (Å²) in [5.74, 6) is -0.217. The number of benzene rings is 2. The molecule has 0 saturated heterocycles. The van der Waals surface area contributed by atoms with E-state index < -0.39 is 30.0 Å².